The van der Waals surface area contributed by atoms with E-state index in [4.69, 9.17) is 11.6 Å². The second-order valence-corrected chi connectivity index (χ2v) is 6.15. The number of nitrogens with zero attached hydrogens (tertiary/aromatic N) is 1. The van der Waals surface area contributed by atoms with E-state index in [2.05, 4.69) is 15.5 Å². The van der Waals surface area contributed by atoms with Crippen molar-refractivity contribution < 1.29 is 9.18 Å². The average Bonchev–Trinajstić information content (AvgIpc) is 2.58. The van der Waals surface area contributed by atoms with Crippen LogP contribution in [0.25, 0.3) is 0 Å². The maximum Gasteiger partial charge on any atom is 0.238 e. The van der Waals surface area contributed by atoms with Gasteiger partial charge in [0.15, 0.2) is 0 Å². The number of hydrogen-bond acceptors (Lipinski definition) is 3. The molecule has 1 atom stereocenters. The molecule has 25 heavy (non-hydrogen) atoms. The number of halogens is 3. The van der Waals surface area contributed by atoms with E-state index in [-0.39, 0.29) is 36.6 Å². The van der Waals surface area contributed by atoms with Gasteiger partial charge in [-0.25, -0.2) is 4.39 Å². The number of amides is 1. The van der Waals surface area contributed by atoms with Crippen LogP contribution in [0.4, 0.5) is 10.1 Å². The molecule has 0 aliphatic carbocycles. The fourth-order valence-electron chi connectivity index (χ4n) is 2.92. The molecule has 0 bridgehead atoms. The first-order valence-electron chi connectivity index (χ1n) is 7.89. The van der Waals surface area contributed by atoms with E-state index in [0.717, 1.165) is 25.2 Å². The zero-order chi connectivity index (χ0) is 16.9. The summed E-state index contributed by atoms with van der Waals surface area (Å²) < 4.78 is 13.7. The van der Waals surface area contributed by atoms with Crippen LogP contribution >= 0.6 is 24.0 Å². The van der Waals surface area contributed by atoms with Gasteiger partial charge >= 0.3 is 0 Å². The highest BCUT2D eigenvalue weighted by atomic mass is 35.5. The number of benzene rings is 2. The van der Waals surface area contributed by atoms with Gasteiger partial charge in [-0.15, -0.1) is 12.4 Å². The molecule has 0 saturated carbocycles. The highest BCUT2D eigenvalue weighted by Crippen LogP contribution is 2.28. The quantitative estimate of drug-likeness (QED) is 0.849. The maximum absolute atomic E-state index is 13.7. The van der Waals surface area contributed by atoms with Crippen LogP contribution in [0.5, 0.6) is 0 Å². The van der Waals surface area contributed by atoms with E-state index < -0.39 is 5.82 Å². The van der Waals surface area contributed by atoms with Gasteiger partial charge in [-0.1, -0.05) is 41.9 Å². The van der Waals surface area contributed by atoms with E-state index in [9.17, 15) is 9.18 Å². The van der Waals surface area contributed by atoms with E-state index in [0.29, 0.717) is 5.02 Å². The van der Waals surface area contributed by atoms with Gasteiger partial charge < -0.3 is 10.6 Å². The second kappa shape index (κ2) is 9.15. The standard InChI is InChI=1S/C18H19ClFN3O.ClH/c19-14-6-2-1-5-13(14)17-11-21-9-10-23(17)12-18(24)22-16-8-4-3-7-15(16)20;/h1-8,17,21H,9-12H2,(H,22,24);1H. The van der Waals surface area contributed by atoms with Crippen molar-refractivity contribution in [2.24, 2.45) is 0 Å². The zero-order valence-corrected chi connectivity index (χ0v) is 15.1. The van der Waals surface area contributed by atoms with E-state index in [1.807, 2.05) is 24.3 Å². The van der Waals surface area contributed by atoms with Crippen molar-refractivity contribution >= 4 is 35.6 Å². The first-order valence-corrected chi connectivity index (χ1v) is 8.26. The summed E-state index contributed by atoms with van der Waals surface area (Å²) in [6.45, 7) is 2.43. The molecule has 7 heteroatoms. The van der Waals surface area contributed by atoms with Crippen LogP contribution in [0.2, 0.25) is 5.02 Å². The number of nitrogens with one attached hydrogen (secondary N) is 2. The molecular weight excluding hydrogens is 364 g/mol. The van der Waals surface area contributed by atoms with Crippen LogP contribution in [-0.2, 0) is 4.79 Å². The van der Waals surface area contributed by atoms with Gasteiger partial charge in [0.2, 0.25) is 5.91 Å². The minimum Gasteiger partial charge on any atom is -0.322 e. The molecule has 1 amide bonds. The Labute approximate surface area is 157 Å². The monoisotopic (exact) mass is 383 g/mol. The molecule has 2 aromatic rings. The molecule has 1 heterocycles. The molecule has 0 aromatic heterocycles. The number of piperazine rings is 1. The molecule has 1 aliphatic heterocycles. The summed E-state index contributed by atoms with van der Waals surface area (Å²) >= 11 is 6.31. The van der Waals surface area contributed by atoms with E-state index in [1.165, 1.54) is 6.07 Å². The average molecular weight is 384 g/mol. The first-order chi connectivity index (χ1) is 11.6. The third-order valence-electron chi connectivity index (χ3n) is 4.11. The van der Waals surface area contributed by atoms with E-state index >= 15 is 0 Å². The molecule has 0 spiro atoms. The van der Waals surface area contributed by atoms with Crippen LogP contribution in [-0.4, -0.2) is 37.0 Å². The van der Waals surface area contributed by atoms with Gasteiger partial charge in [-0.3, -0.25) is 9.69 Å². The third-order valence-corrected chi connectivity index (χ3v) is 4.46. The summed E-state index contributed by atoms with van der Waals surface area (Å²) in [6, 6.07) is 13.8. The minimum atomic E-state index is -0.436. The summed E-state index contributed by atoms with van der Waals surface area (Å²) in [5.74, 6) is -0.673. The Kier molecular flexibility index (Phi) is 7.20. The van der Waals surface area contributed by atoms with Crippen LogP contribution < -0.4 is 10.6 Å². The lowest BCUT2D eigenvalue weighted by Gasteiger charge is -2.36. The Hall–Kier alpha value is -1.66. The van der Waals surface area contributed by atoms with Crippen LogP contribution in [0.15, 0.2) is 48.5 Å². The molecule has 1 saturated heterocycles. The largest absolute Gasteiger partial charge is 0.322 e. The molecular formula is C18H20Cl2FN3O. The topological polar surface area (TPSA) is 44.4 Å². The molecule has 134 valence electrons. The summed E-state index contributed by atoms with van der Waals surface area (Å²) in [7, 11) is 0. The number of carbonyl (C=O) groups is 1. The fraction of sp³-hybridized carbons (Fsp3) is 0.278. The lowest BCUT2D eigenvalue weighted by Crippen LogP contribution is -2.48. The number of hydrogen-bond donors (Lipinski definition) is 2. The summed E-state index contributed by atoms with van der Waals surface area (Å²) in [5.41, 5.74) is 1.19. The third kappa shape index (κ3) is 4.92. The van der Waals surface area contributed by atoms with Gasteiger partial charge in [0.1, 0.15) is 5.82 Å². The molecule has 0 radical (unpaired) electrons. The van der Waals surface area contributed by atoms with E-state index in [1.54, 1.807) is 18.2 Å². The lowest BCUT2D eigenvalue weighted by molar-refractivity contribution is -0.118. The van der Waals surface area contributed by atoms with Crippen molar-refractivity contribution in [1.29, 1.82) is 0 Å². The van der Waals surface area contributed by atoms with Crippen LogP contribution in [0, 0.1) is 5.82 Å². The number of rotatable bonds is 4. The summed E-state index contributed by atoms with van der Waals surface area (Å²) in [4.78, 5) is 14.4. The molecule has 2 N–H and O–H groups in total. The van der Waals surface area contributed by atoms with Crippen molar-refractivity contribution in [3.8, 4) is 0 Å². The second-order valence-electron chi connectivity index (χ2n) is 5.74. The molecule has 3 rings (SSSR count). The molecule has 4 nitrogen and oxygen atoms in total. The van der Waals surface area contributed by atoms with Crippen molar-refractivity contribution in [2.75, 3.05) is 31.5 Å². The fourth-order valence-corrected chi connectivity index (χ4v) is 3.19. The highest BCUT2D eigenvalue weighted by molar-refractivity contribution is 6.31. The van der Waals surface area contributed by atoms with Gasteiger partial charge in [-0.05, 0) is 23.8 Å². The predicted octanol–water partition coefficient (Wildman–Crippen LogP) is 3.49. The molecule has 1 unspecified atom stereocenters. The van der Waals surface area contributed by atoms with Gasteiger partial charge in [0, 0.05) is 30.7 Å². The number of carbonyl (C=O) groups excluding carboxylic acids is 1. The highest BCUT2D eigenvalue weighted by Gasteiger charge is 2.27. The molecule has 1 fully saturated rings. The normalized spacial score (nSPS) is 17.6. The Morgan fingerprint density at radius 2 is 1.96 bits per heavy atom. The Morgan fingerprint density at radius 1 is 1.24 bits per heavy atom. The Bertz CT molecular complexity index is 729. The van der Waals surface area contributed by atoms with Crippen molar-refractivity contribution in [1.82, 2.24) is 10.2 Å². The summed E-state index contributed by atoms with van der Waals surface area (Å²) in [6.07, 6.45) is 0. The van der Waals surface area contributed by atoms with Crippen molar-refractivity contribution in [2.45, 2.75) is 6.04 Å². The van der Waals surface area contributed by atoms with Crippen molar-refractivity contribution in [3.63, 3.8) is 0 Å². The Morgan fingerprint density at radius 3 is 2.72 bits per heavy atom. The predicted molar refractivity (Wildman–Crippen MR) is 101 cm³/mol. The molecule has 2 aromatic carbocycles. The van der Waals surface area contributed by atoms with Crippen LogP contribution in [0.1, 0.15) is 11.6 Å². The number of para-hydroxylation sites is 1. The first kappa shape index (κ1) is 19.7. The molecule has 1 aliphatic rings. The number of anilines is 1. The lowest BCUT2D eigenvalue weighted by atomic mass is 10.0. The van der Waals surface area contributed by atoms with Gasteiger partial charge in [0.05, 0.1) is 12.2 Å². The summed E-state index contributed by atoms with van der Waals surface area (Å²) in [5, 5.41) is 6.65. The minimum absolute atomic E-state index is 0. The maximum atomic E-state index is 13.7. The smallest absolute Gasteiger partial charge is 0.238 e. The SMILES string of the molecule is Cl.O=C(CN1CCNCC1c1ccccc1Cl)Nc1ccccc1F. The van der Waals surface area contributed by atoms with Gasteiger partial charge in [0.25, 0.3) is 0 Å². The van der Waals surface area contributed by atoms with Gasteiger partial charge in [-0.2, -0.15) is 0 Å². The van der Waals surface area contributed by atoms with Crippen LogP contribution in [0.3, 0.4) is 0 Å². The Balaban J connectivity index is 0.00000225. The zero-order valence-electron chi connectivity index (χ0n) is 13.5. The van der Waals surface area contributed by atoms with Crippen molar-refractivity contribution in [3.05, 3.63) is 64.9 Å².